The first-order valence-corrected chi connectivity index (χ1v) is 2.70. The molecule has 0 aromatic heterocycles. The summed E-state index contributed by atoms with van der Waals surface area (Å²) in [6, 6.07) is 0. The first-order valence-electron chi connectivity index (χ1n) is 2.70. The highest BCUT2D eigenvalue weighted by molar-refractivity contribution is 6.36. The molecule has 51 valence electrons. The van der Waals surface area contributed by atoms with Gasteiger partial charge in [0.25, 0.3) is 0 Å². The summed E-state index contributed by atoms with van der Waals surface area (Å²) in [6.45, 7) is 0. The van der Waals surface area contributed by atoms with Crippen molar-refractivity contribution in [1.29, 1.82) is 0 Å². The van der Waals surface area contributed by atoms with E-state index in [-0.39, 0.29) is 5.84 Å². The molecule has 0 bridgehead atoms. The molecule has 1 aliphatic heterocycles. The third-order valence-electron chi connectivity index (χ3n) is 0.934. The molecule has 1 rings (SSSR count). The van der Waals surface area contributed by atoms with Crippen LogP contribution < -0.4 is 4.99 Å². The Kier molecular flexibility index (Phi) is 1.94. The molecule has 0 spiro atoms. The topological polar surface area (TPSA) is 52.8 Å². The third-order valence-corrected chi connectivity index (χ3v) is 0.934. The lowest BCUT2D eigenvalue weighted by Gasteiger charge is -1.87. The van der Waals surface area contributed by atoms with E-state index in [1.54, 1.807) is 6.08 Å². The van der Waals surface area contributed by atoms with Gasteiger partial charge in [0, 0.05) is 6.08 Å². The molecule has 0 fully saturated rings. The number of rotatable bonds is 1. The maximum Gasteiger partial charge on any atom is 0.450 e. The van der Waals surface area contributed by atoms with Crippen molar-refractivity contribution in [2.75, 3.05) is 7.11 Å². The van der Waals surface area contributed by atoms with E-state index in [1.807, 2.05) is 0 Å². The number of hydrogen-bond donors (Lipinski definition) is 0. The maximum atomic E-state index is 10.7. The van der Waals surface area contributed by atoms with Gasteiger partial charge in [-0.1, -0.05) is 0 Å². The van der Waals surface area contributed by atoms with Crippen LogP contribution in [-0.4, -0.2) is 25.1 Å². The standard InChI is InChI=1S/C6H6N2O2/c1-10-6(9)5-7-3-2-4-8-5/h2-4H,1H3/q+1. The SMILES string of the molecule is COC(=O)C1=NC=CC=[N+]1. The molecule has 0 saturated carbocycles. The average Bonchev–Trinajstić information content (AvgIpc) is 2.05. The first kappa shape index (κ1) is 6.67. The average molecular weight is 138 g/mol. The van der Waals surface area contributed by atoms with Gasteiger partial charge in [-0.25, -0.2) is 4.79 Å². The quantitative estimate of drug-likeness (QED) is 0.458. The Hall–Kier alpha value is -1.45. The molecule has 0 saturated heterocycles. The predicted molar refractivity (Wildman–Crippen MR) is 36.8 cm³/mol. The molecule has 1 heterocycles. The molecular weight excluding hydrogens is 132 g/mol. The molecule has 0 N–H and O–H groups in total. The van der Waals surface area contributed by atoms with E-state index < -0.39 is 5.97 Å². The van der Waals surface area contributed by atoms with E-state index in [0.717, 1.165) is 0 Å². The summed E-state index contributed by atoms with van der Waals surface area (Å²) in [6.07, 6.45) is 4.60. The van der Waals surface area contributed by atoms with E-state index in [2.05, 4.69) is 14.7 Å². The summed E-state index contributed by atoms with van der Waals surface area (Å²) >= 11 is 0. The van der Waals surface area contributed by atoms with Crippen LogP contribution in [0.15, 0.2) is 17.3 Å². The van der Waals surface area contributed by atoms with Crippen LogP contribution in [0, 0.1) is 0 Å². The van der Waals surface area contributed by atoms with Gasteiger partial charge in [-0.3, -0.25) is 0 Å². The van der Waals surface area contributed by atoms with E-state index in [9.17, 15) is 4.79 Å². The highest BCUT2D eigenvalue weighted by Gasteiger charge is 2.21. The number of hydrogen-bond acceptors (Lipinski definition) is 4. The number of allylic oxidation sites excluding steroid dienone is 1. The smallest absolute Gasteiger partial charge is 0.450 e. The predicted octanol–water partition coefficient (Wildman–Crippen LogP) is -0.508. The highest BCUT2D eigenvalue weighted by atomic mass is 16.5. The minimum atomic E-state index is -0.513. The molecule has 1 radical (unpaired) electrons. The van der Waals surface area contributed by atoms with Crippen molar-refractivity contribution in [3.05, 3.63) is 12.3 Å². The largest absolute Gasteiger partial charge is 0.460 e. The molecule has 0 unspecified atom stereocenters. The van der Waals surface area contributed by atoms with Crippen LogP contribution in [0.25, 0.3) is 0 Å². The minimum absolute atomic E-state index is 0.0880. The summed E-state index contributed by atoms with van der Waals surface area (Å²) in [5, 5.41) is 0. The Bertz CT molecular complexity index is 228. The Labute approximate surface area is 57.9 Å². The summed E-state index contributed by atoms with van der Waals surface area (Å²) in [4.78, 5) is 18.0. The second-order valence-corrected chi connectivity index (χ2v) is 1.56. The van der Waals surface area contributed by atoms with Gasteiger partial charge in [-0.05, 0) is 9.98 Å². The van der Waals surface area contributed by atoms with Gasteiger partial charge in [-0.15, -0.1) is 0 Å². The van der Waals surface area contributed by atoms with Crippen LogP contribution in [-0.2, 0) is 9.53 Å². The second-order valence-electron chi connectivity index (χ2n) is 1.56. The molecule has 0 amide bonds. The summed E-state index contributed by atoms with van der Waals surface area (Å²) in [5.74, 6) is -0.425. The maximum absolute atomic E-state index is 10.7. The lowest BCUT2D eigenvalue weighted by molar-refractivity contribution is -0.132. The number of esters is 1. The molecule has 0 aromatic rings. The van der Waals surface area contributed by atoms with E-state index in [0.29, 0.717) is 0 Å². The Morgan fingerprint density at radius 2 is 2.60 bits per heavy atom. The number of methoxy groups -OCH3 is 1. The van der Waals surface area contributed by atoms with Gasteiger partial charge in [0.15, 0.2) is 0 Å². The molecule has 0 atom stereocenters. The fourth-order valence-electron chi connectivity index (χ4n) is 0.496. The number of aliphatic imine (C=N–C) groups is 2. The van der Waals surface area contributed by atoms with Crippen molar-refractivity contribution in [3.8, 4) is 0 Å². The van der Waals surface area contributed by atoms with Gasteiger partial charge in [0.1, 0.15) is 12.4 Å². The molecule has 4 heteroatoms. The number of amidine groups is 1. The number of carbonyl (C=O) groups is 1. The van der Waals surface area contributed by atoms with Gasteiger partial charge in [0.2, 0.25) is 0 Å². The summed E-state index contributed by atoms with van der Waals surface area (Å²) in [5.41, 5.74) is 0. The molecule has 4 nitrogen and oxygen atoms in total. The minimum Gasteiger partial charge on any atom is -0.460 e. The zero-order valence-electron chi connectivity index (χ0n) is 5.44. The van der Waals surface area contributed by atoms with Gasteiger partial charge in [0.05, 0.1) is 7.11 Å². The normalized spacial score (nSPS) is 14.7. The zero-order valence-corrected chi connectivity index (χ0v) is 5.44. The monoisotopic (exact) mass is 138 g/mol. The molecule has 0 aromatic carbocycles. The Morgan fingerprint density at radius 1 is 1.80 bits per heavy atom. The van der Waals surface area contributed by atoms with Gasteiger partial charge < -0.3 is 4.74 Å². The molecular formula is C6H6N2O2+. The van der Waals surface area contributed by atoms with Crippen molar-refractivity contribution in [3.63, 3.8) is 0 Å². The lowest BCUT2D eigenvalue weighted by Crippen LogP contribution is -2.21. The Balaban J connectivity index is 2.74. The third kappa shape index (κ3) is 1.28. The van der Waals surface area contributed by atoms with Gasteiger partial charge in [-0.2, -0.15) is 0 Å². The van der Waals surface area contributed by atoms with Crippen LogP contribution >= 0.6 is 0 Å². The summed E-state index contributed by atoms with van der Waals surface area (Å²) < 4.78 is 4.37. The van der Waals surface area contributed by atoms with E-state index in [4.69, 9.17) is 0 Å². The molecule has 1 aliphatic rings. The Morgan fingerprint density at radius 3 is 3.10 bits per heavy atom. The number of carbonyl (C=O) groups excluding carboxylic acids is 1. The highest BCUT2D eigenvalue weighted by Crippen LogP contribution is 1.84. The van der Waals surface area contributed by atoms with Crippen LogP contribution in [0.3, 0.4) is 0 Å². The zero-order chi connectivity index (χ0) is 7.40. The fourth-order valence-corrected chi connectivity index (χ4v) is 0.496. The second kappa shape index (κ2) is 2.91. The van der Waals surface area contributed by atoms with Crippen molar-refractivity contribution >= 4 is 18.0 Å². The van der Waals surface area contributed by atoms with Crippen molar-refractivity contribution < 1.29 is 9.53 Å². The van der Waals surface area contributed by atoms with Crippen LogP contribution in [0.1, 0.15) is 0 Å². The molecule has 10 heavy (non-hydrogen) atoms. The van der Waals surface area contributed by atoms with Crippen molar-refractivity contribution in [1.82, 2.24) is 4.99 Å². The number of nitrogens with zero attached hydrogens (tertiary/aromatic N) is 2. The van der Waals surface area contributed by atoms with E-state index >= 15 is 0 Å². The summed E-state index contributed by atoms with van der Waals surface area (Å²) in [7, 11) is 1.29. The van der Waals surface area contributed by atoms with Crippen LogP contribution in [0.5, 0.6) is 0 Å². The number of ether oxygens (including phenoxy) is 1. The fraction of sp³-hybridized carbons (Fsp3) is 0.167. The molecule has 0 aliphatic carbocycles. The van der Waals surface area contributed by atoms with Crippen molar-refractivity contribution in [2.45, 2.75) is 0 Å². The van der Waals surface area contributed by atoms with Crippen molar-refractivity contribution in [2.24, 2.45) is 4.99 Å². The van der Waals surface area contributed by atoms with Gasteiger partial charge >= 0.3 is 11.8 Å². The lowest BCUT2D eigenvalue weighted by atomic mass is 10.5. The van der Waals surface area contributed by atoms with E-state index in [1.165, 1.54) is 19.5 Å². The van der Waals surface area contributed by atoms with Crippen LogP contribution in [0.4, 0.5) is 0 Å². The van der Waals surface area contributed by atoms with Crippen LogP contribution in [0.2, 0.25) is 0 Å². The first-order chi connectivity index (χ1) is 4.84.